The molecule has 0 saturated heterocycles. The van der Waals surface area contributed by atoms with Crippen molar-refractivity contribution < 1.29 is 4.57 Å². The average Bonchev–Trinajstić information content (AvgIpc) is 2.43. The van der Waals surface area contributed by atoms with Crippen LogP contribution in [0.25, 0.3) is 0 Å². The molecule has 22 heavy (non-hydrogen) atoms. The summed E-state index contributed by atoms with van der Waals surface area (Å²) in [5.74, 6) is 0. The molecule has 2 atom stereocenters. The molecule has 0 heterocycles. The quantitative estimate of drug-likeness (QED) is 0.294. The Morgan fingerprint density at radius 3 is 1.14 bits per heavy atom. The summed E-state index contributed by atoms with van der Waals surface area (Å²) in [6, 6.07) is 0. The van der Waals surface area contributed by atoms with Gasteiger partial charge in [0.1, 0.15) is 0 Å². The number of hydrogen-bond donors (Lipinski definition) is 0. The van der Waals surface area contributed by atoms with Crippen molar-refractivity contribution in [1.29, 1.82) is 0 Å². The van der Waals surface area contributed by atoms with Gasteiger partial charge in [-0.3, -0.25) is 4.57 Å². The van der Waals surface area contributed by atoms with Gasteiger partial charge in [-0.25, -0.2) is 14.0 Å². The molecule has 0 aliphatic carbocycles. The summed E-state index contributed by atoms with van der Waals surface area (Å²) in [7, 11) is 8.49. The van der Waals surface area contributed by atoms with Crippen LogP contribution in [0.3, 0.4) is 0 Å². The van der Waals surface area contributed by atoms with Crippen molar-refractivity contribution in [3.8, 4) is 0 Å². The Bertz CT molecular complexity index is 314. The van der Waals surface area contributed by atoms with E-state index in [0.29, 0.717) is 0 Å². The molecule has 0 amide bonds. The second kappa shape index (κ2) is 11.5. The van der Waals surface area contributed by atoms with Gasteiger partial charge < -0.3 is 0 Å². The molecule has 8 heteroatoms. The van der Waals surface area contributed by atoms with Crippen LogP contribution in [0.4, 0.5) is 0 Å². The average molecular weight is 572 g/mol. The number of nitrogens with zero attached hydrogens (tertiary/aromatic N) is 3. The Morgan fingerprint density at radius 1 is 0.818 bits per heavy atom. The summed E-state index contributed by atoms with van der Waals surface area (Å²) >= 11 is 5.90. The van der Waals surface area contributed by atoms with Gasteiger partial charge in [0.2, 0.25) is 0 Å². The molecule has 0 aromatic carbocycles. The first-order valence-electron chi connectivity index (χ1n) is 7.81. The van der Waals surface area contributed by atoms with Gasteiger partial charge >= 0.3 is 87.7 Å². The third-order valence-corrected chi connectivity index (χ3v) is 38.0. The van der Waals surface area contributed by atoms with Gasteiger partial charge in [-0.05, 0) is 42.3 Å². The van der Waals surface area contributed by atoms with E-state index >= 15 is 0 Å². The second-order valence-corrected chi connectivity index (χ2v) is 44.0. The maximum atomic E-state index is 12.1. The van der Waals surface area contributed by atoms with E-state index in [-0.39, 0.29) is 0 Å². The van der Waals surface area contributed by atoms with Gasteiger partial charge in [-0.2, -0.15) is 0 Å². The van der Waals surface area contributed by atoms with Crippen molar-refractivity contribution in [2.24, 2.45) is 0 Å². The Hall–Kier alpha value is 1.87. The first-order valence-corrected chi connectivity index (χ1v) is 25.5. The zero-order chi connectivity index (χ0) is 18.3. The Labute approximate surface area is 155 Å². The Morgan fingerprint density at radius 2 is 1.05 bits per heavy atom. The van der Waals surface area contributed by atoms with Crippen LogP contribution in [0.2, 0.25) is 7.87 Å². The largest absolute Gasteiger partial charge is 0.285 e. The van der Waals surface area contributed by atoms with Crippen molar-refractivity contribution in [3.05, 3.63) is 0 Å². The summed E-state index contributed by atoms with van der Waals surface area (Å²) in [5.41, 5.74) is 0. The third-order valence-electron chi connectivity index (χ3n) is 4.10. The third kappa shape index (κ3) is 7.40. The van der Waals surface area contributed by atoms with E-state index in [2.05, 4.69) is 53.1 Å². The van der Waals surface area contributed by atoms with Gasteiger partial charge in [0, 0.05) is 0 Å². The molecule has 0 radical (unpaired) electrons. The molecule has 0 rings (SSSR count). The van der Waals surface area contributed by atoms with E-state index in [1.165, 1.54) is 12.8 Å². The van der Waals surface area contributed by atoms with Crippen LogP contribution in [0.1, 0.15) is 40.5 Å². The van der Waals surface area contributed by atoms with Crippen LogP contribution in [0, 0.1) is 0 Å². The minimum Gasteiger partial charge on any atom is -0.270 e. The van der Waals surface area contributed by atoms with Crippen LogP contribution in [-0.2, 0) is 4.57 Å². The molecule has 0 saturated carbocycles. The topological polar surface area (TPSA) is 26.8 Å². The van der Waals surface area contributed by atoms with E-state index in [1.54, 1.807) is 14.0 Å². The number of rotatable bonds is 7. The predicted octanol–water partition coefficient (Wildman–Crippen LogP) is 5.60. The zero-order valence-electron chi connectivity index (χ0n) is 16.0. The van der Waals surface area contributed by atoms with Gasteiger partial charge in [0.25, 0.3) is 7.59 Å². The van der Waals surface area contributed by atoms with E-state index in [0.717, 1.165) is 7.87 Å². The minimum atomic E-state index is -2.44. The van der Waals surface area contributed by atoms with Crippen molar-refractivity contribution in [2.75, 3.05) is 42.3 Å². The van der Waals surface area contributed by atoms with Gasteiger partial charge in [-0.15, -0.1) is 0 Å². The molecular weight excluding hydrogens is 536 g/mol. The van der Waals surface area contributed by atoms with Crippen LogP contribution in [0.5, 0.6) is 0 Å². The van der Waals surface area contributed by atoms with Crippen LogP contribution in [0.15, 0.2) is 0 Å². The molecular formula is C14H36Br2N3OPSn. The number of halogens is 2. The van der Waals surface area contributed by atoms with Crippen molar-refractivity contribution in [2.45, 2.75) is 48.4 Å². The fourth-order valence-electron chi connectivity index (χ4n) is 2.10. The molecule has 0 aromatic rings. The summed E-state index contributed by atoms with van der Waals surface area (Å²) in [4.78, 5) is 0. The molecule has 0 spiro atoms. The fraction of sp³-hybridized carbons (Fsp3) is 1.00. The molecule has 0 aliphatic heterocycles. The van der Waals surface area contributed by atoms with E-state index in [4.69, 9.17) is 0 Å². The van der Waals surface area contributed by atoms with E-state index < -0.39 is 21.5 Å². The first kappa shape index (κ1) is 26.1. The normalized spacial score (nSPS) is 15.8. The summed E-state index contributed by atoms with van der Waals surface area (Å²) < 4.78 is 19.1. The fourth-order valence-corrected chi connectivity index (χ4v) is 18.8. The Balaban J connectivity index is 0. The minimum absolute atomic E-state index is 0.888. The van der Waals surface area contributed by atoms with Gasteiger partial charge in [0.05, 0.1) is 0 Å². The zero-order valence-corrected chi connectivity index (χ0v) is 22.9. The molecule has 4 nitrogen and oxygen atoms in total. The Kier molecular flexibility index (Phi) is 13.6. The SMILES string of the molecule is CC[CH](C)[Sn]([Br])([Br])[CH](C)CC.CN(C)P(=O)(N(C)C)N(C)C. The van der Waals surface area contributed by atoms with E-state index in [1.807, 2.05) is 42.3 Å². The van der Waals surface area contributed by atoms with Gasteiger partial charge in [0.15, 0.2) is 0 Å². The molecule has 0 bridgehead atoms. The molecule has 0 aliphatic rings. The first-order chi connectivity index (χ1) is 9.79. The molecule has 0 aromatic heterocycles. The van der Waals surface area contributed by atoms with Crippen LogP contribution in [-0.4, -0.2) is 70.2 Å². The number of hydrogen-bond acceptors (Lipinski definition) is 1. The maximum Gasteiger partial charge on any atom is 0.285 e. The van der Waals surface area contributed by atoms with Crippen LogP contribution < -0.4 is 0 Å². The van der Waals surface area contributed by atoms with Crippen LogP contribution >= 0.6 is 33.0 Å². The van der Waals surface area contributed by atoms with Crippen molar-refractivity contribution in [3.63, 3.8) is 0 Å². The standard InChI is InChI=1S/C6H18N3OP.2C4H9.2BrH.Sn/c1-7(2)11(10,8(3)4)9(5)6;2*1-3-4-2;;;/h1-6H3;2*3H,4H2,1-2H3;2*1H;/q;;;;;+2/p-2. The maximum absolute atomic E-state index is 12.1. The monoisotopic (exact) mass is 571 g/mol. The molecule has 0 N–H and O–H groups in total. The summed E-state index contributed by atoms with van der Waals surface area (Å²) in [6.45, 7) is 9.29. The smallest absolute Gasteiger partial charge is 0.270 e. The van der Waals surface area contributed by atoms with Crippen molar-refractivity contribution >= 4 is 46.9 Å². The second-order valence-electron chi connectivity index (χ2n) is 6.35. The molecule has 2 unspecified atom stereocenters. The summed E-state index contributed by atoms with van der Waals surface area (Å²) in [5, 5.41) is 0. The van der Waals surface area contributed by atoms with E-state index in [9.17, 15) is 4.57 Å². The van der Waals surface area contributed by atoms with Crippen molar-refractivity contribution in [1.82, 2.24) is 14.0 Å². The van der Waals surface area contributed by atoms with Gasteiger partial charge in [-0.1, -0.05) is 0 Å². The summed E-state index contributed by atoms with van der Waals surface area (Å²) in [6.07, 6.45) is 2.60. The molecule has 0 fully saturated rings. The molecule has 136 valence electrons. The predicted molar refractivity (Wildman–Crippen MR) is 112 cm³/mol.